The molecule has 3 rings (SSSR count). The summed E-state index contributed by atoms with van der Waals surface area (Å²) in [4.78, 5) is 15.5. The standard InChI is InChI=1S/C19H28N2O/c1-15(20)16-8-7-13-21(14-16)18(22)19(11-5-6-12-19)17-9-3-2-4-10-17/h2-4,9-10,15-16H,5-8,11-14,20H2,1H3. The molecule has 3 nitrogen and oxygen atoms in total. The molecule has 3 heteroatoms. The number of piperidine rings is 1. The minimum atomic E-state index is -0.277. The lowest BCUT2D eigenvalue weighted by atomic mass is 9.76. The molecule has 1 amide bonds. The van der Waals surface area contributed by atoms with Crippen molar-refractivity contribution in [2.45, 2.75) is 56.9 Å². The van der Waals surface area contributed by atoms with Gasteiger partial charge in [-0.2, -0.15) is 0 Å². The molecule has 2 N–H and O–H groups in total. The van der Waals surface area contributed by atoms with Gasteiger partial charge in [0.25, 0.3) is 0 Å². The molecule has 1 aromatic rings. The van der Waals surface area contributed by atoms with E-state index in [1.165, 1.54) is 5.56 Å². The maximum atomic E-state index is 13.4. The minimum Gasteiger partial charge on any atom is -0.342 e. The van der Waals surface area contributed by atoms with Crippen molar-refractivity contribution in [2.75, 3.05) is 13.1 Å². The third-order valence-electron chi connectivity index (χ3n) is 5.68. The zero-order chi connectivity index (χ0) is 15.6. The van der Waals surface area contributed by atoms with E-state index in [1.807, 2.05) is 6.07 Å². The third-order valence-corrected chi connectivity index (χ3v) is 5.68. The summed E-state index contributed by atoms with van der Waals surface area (Å²) >= 11 is 0. The van der Waals surface area contributed by atoms with Crippen LogP contribution in [0.15, 0.2) is 30.3 Å². The molecule has 0 spiro atoms. The van der Waals surface area contributed by atoms with Gasteiger partial charge in [0.05, 0.1) is 5.41 Å². The van der Waals surface area contributed by atoms with Crippen LogP contribution in [0.3, 0.4) is 0 Å². The summed E-state index contributed by atoms with van der Waals surface area (Å²) in [7, 11) is 0. The molecule has 2 unspecified atom stereocenters. The van der Waals surface area contributed by atoms with Crippen LogP contribution in [0.5, 0.6) is 0 Å². The number of amides is 1. The lowest BCUT2D eigenvalue weighted by Crippen LogP contribution is -2.51. The molecule has 1 aliphatic heterocycles. The highest BCUT2D eigenvalue weighted by Gasteiger charge is 2.45. The van der Waals surface area contributed by atoms with Crippen molar-refractivity contribution < 1.29 is 4.79 Å². The summed E-state index contributed by atoms with van der Waals surface area (Å²) in [6.45, 7) is 3.81. The van der Waals surface area contributed by atoms with Gasteiger partial charge in [0.1, 0.15) is 0 Å². The van der Waals surface area contributed by atoms with Crippen molar-refractivity contribution in [3.05, 3.63) is 35.9 Å². The van der Waals surface area contributed by atoms with E-state index in [9.17, 15) is 4.79 Å². The van der Waals surface area contributed by atoms with Gasteiger partial charge in [-0.25, -0.2) is 0 Å². The molecular formula is C19H28N2O. The first-order valence-electron chi connectivity index (χ1n) is 8.74. The van der Waals surface area contributed by atoms with Gasteiger partial charge < -0.3 is 10.6 Å². The highest BCUT2D eigenvalue weighted by Crippen LogP contribution is 2.43. The molecule has 1 saturated carbocycles. The van der Waals surface area contributed by atoms with Crippen LogP contribution in [-0.2, 0) is 10.2 Å². The number of hydrogen-bond acceptors (Lipinski definition) is 2. The Kier molecular flexibility index (Phi) is 4.53. The number of carbonyl (C=O) groups is 1. The predicted octanol–water partition coefficient (Wildman–Crippen LogP) is 3.08. The van der Waals surface area contributed by atoms with Crippen molar-refractivity contribution in [3.63, 3.8) is 0 Å². The molecule has 1 aliphatic carbocycles. The maximum absolute atomic E-state index is 13.4. The number of carbonyl (C=O) groups excluding carboxylic acids is 1. The normalized spacial score (nSPS) is 25.9. The smallest absolute Gasteiger partial charge is 0.233 e. The number of hydrogen-bond donors (Lipinski definition) is 1. The second-order valence-electron chi connectivity index (χ2n) is 7.17. The summed E-state index contributed by atoms with van der Waals surface area (Å²) in [5.74, 6) is 0.800. The molecule has 2 aliphatic rings. The molecule has 0 bridgehead atoms. The van der Waals surface area contributed by atoms with Gasteiger partial charge in [0.2, 0.25) is 5.91 Å². The number of likely N-dealkylation sites (tertiary alicyclic amines) is 1. The van der Waals surface area contributed by atoms with Gasteiger partial charge in [-0.05, 0) is 44.1 Å². The zero-order valence-corrected chi connectivity index (χ0v) is 13.6. The number of benzene rings is 1. The fourth-order valence-corrected chi connectivity index (χ4v) is 4.29. The van der Waals surface area contributed by atoms with Crippen LogP contribution in [-0.4, -0.2) is 29.9 Å². The highest BCUT2D eigenvalue weighted by atomic mass is 16.2. The van der Waals surface area contributed by atoms with Crippen LogP contribution in [0.25, 0.3) is 0 Å². The molecular weight excluding hydrogens is 272 g/mol. The Morgan fingerprint density at radius 2 is 1.91 bits per heavy atom. The van der Waals surface area contributed by atoms with Gasteiger partial charge >= 0.3 is 0 Å². The van der Waals surface area contributed by atoms with Crippen molar-refractivity contribution in [1.82, 2.24) is 4.90 Å². The first kappa shape index (κ1) is 15.5. The minimum absolute atomic E-state index is 0.173. The van der Waals surface area contributed by atoms with Crippen molar-refractivity contribution in [2.24, 2.45) is 11.7 Å². The molecule has 120 valence electrons. The molecule has 0 aromatic heterocycles. The fraction of sp³-hybridized carbons (Fsp3) is 0.632. The average molecular weight is 300 g/mol. The van der Waals surface area contributed by atoms with E-state index in [2.05, 4.69) is 36.1 Å². The first-order valence-corrected chi connectivity index (χ1v) is 8.74. The van der Waals surface area contributed by atoms with Gasteiger partial charge in [-0.3, -0.25) is 4.79 Å². The second-order valence-corrected chi connectivity index (χ2v) is 7.17. The summed E-state index contributed by atoms with van der Waals surface area (Å²) < 4.78 is 0. The molecule has 22 heavy (non-hydrogen) atoms. The summed E-state index contributed by atoms with van der Waals surface area (Å²) in [5.41, 5.74) is 7.02. The van der Waals surface area contributed by atoms with Crippen molar-refractivity contribution in [3.8, 4) is 0 Å². The van der Waals surface area contributed by atoms with Crippen LogP contribution in [0, 0.1) is 5.92 Å². The first-order chi connectivity index (χ1) is 10.6. The van der Waals surface area contributed by atoms with Crippen LogP contribution in [0.2, 0.25) is 0 Å². The highest BCUT2D eigenvalue weighted by molar-refractivity contribution is 5.88. The summed E-state index contributed by atoms with van der Waals surface area (Å²) in [6, 6.07) is 10.6. The van der Waals surface area contributed by atoms with Crippen molar-refractivity contribution >= 4 is 5.91 Å². The van der Waals surface area contributed by atoms with E-state index < -0.39 is 0 Å². The van der Waals surface area contributed by atoms with Crippen molar-refractivity contribution in [1.29, 1.82) is 0 Å². The van der Waals surface area contributed by atoms with E-state index in [-0.39, 0.29) is 11.5 Å². The van der Waals surface area contributed by atoms with Crippen LogP contribution >= 0.6 is 0 Å². The van der Waals surface area contributed by atoms with E-state index >= 15 is 0 Å². The Morgan fingerprint density at radius 1 is 1.23 bits per heavy atom. The quantitative estimate of drug-likeness (QED) is 0.932. The monoisotopic (exact) mass is 300 g/mol. The van der Waals surface area contributed by atoms with E-state index in [4.69, 9.17) is 5.73 Å². The topological polar surface area (TPSA) is 46.3 Å². The largest absolute Gasteiger partial charge is 0.342 e. The predicted molar refractivity (Wildman–Crippen MR) is 89.5 cm³/mol. The van der Waals surface area contributed by atoms with Crippen LogP contribution in [0.1, 0.15) is 51.0 Å². The lowest BCUT2D eigenvalue weighted by Gasteiger charge is -2.40. The molecule has 1 saturated heterocycles. The Bertz CT molecular complexity index is 505. The summed E-state index contributed by atoms with van der Waals surface area (Å²) in [5, 5.41) is 0. The van der Waals surface area contributed by atoms with Gasteiger partial charge in [-0.1, -0.05) is 43.2 Å². The molecule has 1 heterocycles. The van der Waals surface area contributed by atoms with Crippen LogP contribution < -0.4 is 5.73 Å². The molecule has 0 radical (unpaired) electrons. The second kappa shape index (κ2) is 6.41. The van der Waals surface area contributed by atoms with E-state index in [0.717, 1.165) is 51.6 Å². The Labute approximate surface area is 133 Å². The van der Waals surface area contributed by atoms with Gasteiger partial charge in [0, 0.05) is 19.1 Å². The zero-order valence-electron chi connectivity index (χ0n) is 13.6. The molecule has 2 fully saturated rings. The van der Waals surface area contributed by atoms with Gasteiger partial charge in [-0.15, -0.1) is 0 Å². The Balaban J connectivity index is 1.84. The fourth-order valence-electron chi connectivity index (χ4n) is 4.29. The average Bonchev–Trinajstić information content (AvgIpc) is 3.06. The summed E-state index contributed by atoms with van der Waals surface area (Å²) in [6.07, 6.45) is 6.55. The SMILES string of the molecule is CC(N)C1CCCN(C(=O)C2(c3ccccc3)CCCC2)C1. The number of rotatable bonds is 3. The molecule has 1 aromatic carbocycles. The van der Waals surface area contributed by atoms with Crippen LogP contribution in [0.4, 0.5) is 0 Å². The Morgan fingerprint density at radius 3 is 2.55 bits per heavy atom. The molecule has 2 atom stereocenters. The maximum Gasteiger partial charge on any atom is 0.233 e. The third kappa shape index (κ3) is 2.79. The Hall–Kier alpha value is -1.35. The van der Waals surface area contributed by atoms with E-state index in [0.29, 0.717) is 11.8 Å². The van der Waals surface area contributed by atoms with E-state index in [1.54, 1.807) is 0 Å². The number of nitrogens with two attached hydrogens (primary N) is 1. The van der Waals surface area contributed by atoms with Gasteiger partial charge in [0.15, 0.2) is 0 Å². The number of nitrogens with zero attached hydrogens (tertiary/aromatic N) is 1. The lowest BCUT2D eigenvalue weighted by molar-refractivity contribution is -0.139.